The van der Waals surface area contributed by atoms with E-state index in [9.17, 15) is 4.79 Å². The quantitative estimate of drug-likeness (QED) is 0.473. The first-order valence-corrected chi connectivity index (χ1v) is 5.99. The first kappa shape index (κ1) is 13.2. The molecule has 1 amide bonds. The van der Waals surface area contributed by atoms with E-state index in [4.69, 9.17) is 4.74 Å². The number of hydrogen-bond acceptors (Lipinski definition) is 3. The molecule has 1 unspecified atom stereocenters. The van der Waals surface area contributed by atoms with Crippen LogP contribution in [-0.2, 0) is 9.53 Å². The van der Waals surface area contributed by atoms with Crippen LogP contribution in [-0.4, -0.2) is 38.8 Å². The molecule has 0 radical (unpaired) electrons. The van der Waals surface area contributed by atoms with E-state index < -0.39 is 0 Å². The molecule has 0 aliphatic carbocycles. The molecule has 2 N–H and O–H groups in total. The van der Waals surface area contributed by atoms with Crippen molar-refractivity contribution in [3.05, 3.63) is 12.7 Å². The number of hydrogen-bond donors (Lipinski definition) is 2. The Morgan fingerprint density at radius 1 is 1.56 bits per heavy atom. The summed E-state index contributed by atoms with van der Waals surface area (Å²) < 4.78 is 5.30. The van der Waals surface area contributed by atoms with Gasteiger partial charge in [0.1, 0.15) is 0 Å². The van der Waals surface area contributed by atoms with E-state index in [1.54, 1.807) is 0 Å². The Morgan fingerprint density at radius 2 is 2.44 bits per heavy atom. The molecule has 0 aromatic rings. The van der Waals surface area contributed by atoms with Crippen LogP contribution in [0.15, 0.2) is 12.7 Å². The van der Waals surface area contributed by atoms with E-state index >= 15 is 0 Å². The molecule has 4 heteroatoms. The van der Waals surface area contributed by atoms with Crippen molar-refractivity contribution in [2.24, 2.45) is 5.92 Å². The van der Waals surface area contributed by atoms with Crippen molar-refractivity contribution in [2.75, 3.05) is 32.8 Å². The highest BCUT2D eigenvalue weighted by Gasteiger charge is 2.17. The van der Waals surface area contributed by atoms with E-state index in [-0.39, 0.29) is 5.91 Å². The Balaban J connectivity index is 1.91. The van der Waals surface area contributed by atoms with E-state index in [1.807, 2.05) is 6.08 Å². The van der Waals surface area contributed by atoms with E-state index in [0.717, 1.165) is 25.9 Å². The van der Waals surface area contributed by atoms with Gasteiger partial charge in [0, 0.05) is 13.0 Å². The summed E-state index contributed by atoms with van der Waals surface area (Å²) in [5.41, 5.74) is 0. The number of rotatable bonds is 8. The zero-order valence-corrected chi connectivity index (χ0v) is 9.84. The van der Waals surface area contributed by atoms with Crippen LogP contribution in [0.25, 0.3) is 0 Å². The van der Waals surface area contributed by atoms with Gasteiger partial charge in [-0.05, 0) is 31.8 Å². The van der Waals surface area contributed by atoms with Crippen LogP contribution in [0, 0.1) is 5.92 Å². The molecule has 1 fully saturated rings. The zero-order chi connectivity index (χ0) is 11.6. The SMILES string of the molecule is C=CCCOCCNC(=O)CC1CCNC1. The molecule has 92 valence electrons. The molecule has 4 nitrogen and oxygen atoms in total. The minimum atomic E-state index is 0.140. The summed E-state index contributed by atoms with van der Waals surface area (Å²) in [7, 11) is 0. The molecule has 16 heavy (non-hydrogen) atoms. The third-order valence-electron chi connectivity index (χ3n) is 2.67. The summed E-state index contributed by atoms with van der Waals surface area (Å²) >= 11 is 0. The van der Waals surface area contributed by atoms with Gasteiger partial charge < -0.3 is 15.4 Å². The maximum atomic E-state index is 11.5. The smallest absolute Gasteiger partial charge is 0.220 e. The van der Waals surface area contributed by atoms with Crippen LogP contribution in [0.2, 0.25) is 0 Å². The van der Waals surface area contributed by atoms with Crippen molar-refractivity contribution in [1.82, 2.24) is 10.6 Å². The second-order valence-electron chi connectivity index (χ2n) is 4.10. The largest absolute Gasteiger partial charge is 0.379 e. The lowest BCUT2D eigenvalue weighted by Crippen LogP contribution is -2.29. The Kier molecular flexibility index (Phi) is 6.85. The molecule has 0 bridgehead atoms. The van der Waals surface area contributed by atoms with Gasteiger partial charge in [-0.2, -0.15) is 0 Å². The summed E-state index contributed by atoms with van der Waals surface area (Å²) in [6, 6.07) is 0. The number of carbonyl (C=O) groups is 1. The fourth-order valence-corrected chi connectivity index (χ4v) is 1.75. The van der Waals surface area contributed by atoms with Crippen LogP contribution in [0.3, 0.4) is 0 Å². The van der Waals surface area contributed by atoms with E-state index in [0.29, 0.717) is 32.1 Å². The first-order chi connectivity index (χ1) is 7.83. The number of ether oxygens (including phenoxy) is 1. The fourth-order valence-electron chi connectivity index (χ4n) is 1.75. The first-order valence-electron chi connectivity index (χ1n) is 5.99. The summed E-state index contributed by atoms with van der Waals surface area (Å²) in [6.45, 7) is 7.51. The molecular formula is C12H22N2O2. The number of amides is 1. The molecule has 1 aliphatic rings. The normalized spacial score (nSPS) is 19.6. The summed E-state index contributed by atoms with van der Waals surface area (Å²) in [6.07, 6.45) is 4.44. The van der Waals surface area contributed by atoms with Crippen molar-refractivity contribution in [3.63, 3.8) is 0 Å². The number of nitrogens with one attached hydrogen (secondary N) is 2. The van der Waals surface area contributed by atoms with Crippen LogP contribution in [0.5, 0.6) is 0 Å². The molecule has 0 saturated carbocycles. The van der Waals surface area contributed by atoms with E-state index in [1.165, 1.54) is 0 Å². The predicted molar refractivity (Wildman–Crippen MR) is 64.2 cm³/mol. The van der Waals surface area contributed by atoms with Gasteiger partial charge in [0.2, 0.25) is 5.91 Å². The van der Waals surface area contributed by atoms with Crippen LogP contribution in [0.4, 0.5) is 0 Å². The van der Waals surface area contributed by atoms with Gasteiger partial charge in [-0.25, -0.2) is 0 Å². The summed E-state index contributed by atoms with van der Waals surface area (Å²) in [4.78, 5) is 11.5. The molecule has 1 rings (SSSR count). The van der Waals surface area contributed by atoms with Gasteiger partial charge in [0.15, 0.2) is 0 Å². The molecule has 0 spiro atoms. The summed E-state index contributed by atoms with van der Waals surface area (Å²) in [5.74, 6) is 0.655. The molecule has 1 heterocycles. The Hall–Kier alpha value is -0.870. The van der Waals surface area contributed by atoms with Gasteiger partial charge in [-0.15, -0.1) is 6.58 Å². The summed E-state index contributed by atoms with van der Waals surface area (Å²) in [5, 5.41) is 6.12. The van der Waals surface area contributed by atoms with Crippen molar-refractivity contribution in [1.29, 1.82) is 0 Å². The Morgan fingerprint density at radius 3 is 3.12 bits per heavy atom. The number of carbonyl (C=O) groups excluding carboxylic acids is 1. The van der Waals surface area contributed by atoms with Gasteiger partial charge in [0.25, 0.3) is 0 Å². The monoisotopic (exact) mass is 226 g/mol. The van der Waals surface area contributed by atoms with Crippen LogP contribution in [0.1, 0.15) is 19.3 Å². The highest BCUT2D eigenvalue weighted by molar-refractivity contribution is 5.76. The van der Waals surface area contributed by atoms with Gasteiger partial charge in [0.05, 0.1) is 13.2 Å². The van der Waals surface area contributed by atoms with Crippen molar-refractivity contribution < 1.29 is 9.53 Å². The predicted octanol–water partition coefficient (Wildman–Crippen LogP) is 0.695. The standard InChI is InChI=1S/C12H22N2O2/c1-2-3-7-16-8-6-14-12(15)9-11-4-5-13-10-11/h2,11,13H,1,3-10H2,(H,14,15). The molecule has 1 atom stereocenters. The molecular weight excluding hydrogens is 204 g/mol. The van der Waals surface area contributed by atoms with Gasteiger partial charge in [-0.3, -0.25) is 4.79 Å². The lowest BCUT2D eigenvalue weighted by atomic mass is 10.0. The topological polar surface area (TPSA) is 50.4 Å². The van der Waals surface area contributed by atoms with Crippen LogP contribution >= 0.6 is 0 Å². The maximum Gasteiger partial charge on any atom is 0.220 e. The highest BCUT2D eigenvalue weighted by Crippen LogP contribution is 2.11. The van der Waals surface area contributed by atoms with Gasteiger partial charge in [-0.1, -0.05) is 6.08 Å². The molecule has 0 aromatic heterocycles. The molecule has 1 aliphatic heterocycles. The maximum absolute atomic E-state index is 11.5. The fraction of sp³-hybridized carbons (Fsp3) is 0.750. The Labute approximate surface area is 97.4 Å². The third-order valence-corrected chi connectivity index (χ3v) is 2.67. The third kappa shape index (κ3) is 5.88. The average molecular weight is 226 g/mol. The molecule has 0 aromatic carbocycles. The van der Waals surface area contributed by atoms with Crippen molar-refractivity contribution in [3.8, 4) is 0 Å². The Bertz CT molecular complexity index is 213. The van der Waals surface area contributed by atoms with E-state index in [2.05, 4.69) is 17.2 Å². The second-order valence-corrected chi connectivity index (χ2v) is 4.10. The average Bonchev–Trinajstić information content (AvgIpc) is 2.76. The van der Waals surface area contributed by atoms with Crippen LogP contribution < -0.4 is 10.6 Å². The molecule has 1 saturated heterocycles. The van der Waals surface area contributed by atoms with Crippen molar-refractivity contribution in [2.45, 2.75) is 19.3 Å². The second kappa shape index (κ2) is 8.30. The zero-order valence-electron chi connectivity index (χ0n) is 9.84. The van der Waals surface area contributed by atoms with Gasteiger partial charge >= 0.3 is 0 Å². The lowest BCUT2D eigenvalue weighted by molar-refractivity contribution is -0.122. The lowest BCUT2D eigenvalue weighted by Gasteiger charge is -2.09. The highest BCUT2D eigenvalue weighted by atomic mass is 16.5. The minimum Gasteiger partial charge on any atom is -0.379 e. The van der Waals surface area contributed by atoms with Crippen molar-refractivity contribution >= 4 is 5.91 Å². The minimum absolute atomic E-state index is 0.140.